The molecular formula is C20H20F2N4O3. The molecule has 0 saturated carbocycles. The van der Waals surface area contributed by atoms with E-state index in [-0.39, 0.29) is 29.2 Å². The highest BCUT2D eigenvalue weighted by Crippen LogP contribution is 2.45. The number of anilines is 1. The number of aromatic nitrogens is 3. The summed E-state index contributed by atoms with van der Waals surface area (Å²) in [5.74, 6) is -1.58. The Hall–Kier alpha value is -2.62. The Kier molecular flexibility index (Phi) is 4.09. The molecule has 2 aromatic heterocycles. The van der Waals surface area contributed by atoms with Crippen LogP contribution in [0.2, 0.25) is 0 Å². The van der Waals surface area contributed by atoms with E-state index in [1.54, 1.807) is 16.7 Å². The van der Waals surface area contributed by atoms with Gasteiger partial charge in [-0.2, -0.15) is 0 Å². The summed E-state index contributed by atoms with van der Waals surface area (Å²) in [5, 5.41) is 0.146. The summed E-state index contributed by atoms with van der Waals surface area (Å²) >= 11 is 0. The first-order valence-electron chi connectivity index (χ1n) is 9.34. The van der Waals surface area contributed by atoms with Gasteiger partial charge in [-0.05, 0) is 31.5 Å². The third-order valence-electron chi connectivity index (χ3n) is 5.34. The number of nitrogens with two attached hydrogens (primary N) is 1. The third kappa shape index (κ3) is 3.06. The average Bonchev–Trinajstić information content (AvgIpc) is 3.27. The second-order valence-corrected chi connectivity index (χ2v) is 7.80. The van der Waals surface area contributed by atoms with Gasteiger partial charge in [0.1, 0.15) is 30.2 Å². The topological polar surface area (TPSA) is 84.4 Å². The highest BCUT2D eigenvalue weighted by molar-refractivity contribution is 5.86. The van der Waals surface area contributed by atoms with Crippen LogP contribution in [0.5, 0.6) is 0 Å². The molecule has 4 atom stereocenters. The summed E-state index contributed by atoms with van der Waals surface area (Å²) in [5.41, 5.74) is 7.06. The van der Waals surface area contributed by atoms with Gasteiger partial charge in [0.05, 0.1) is 11.5 Å². The van der Waals surface area contributed by atoms with Crippen LogP contribution in [0.15, 0.2) is 36.8 Å². The molecule has 0 amide bonds. The van der Waals surface area contributed by atoms with Crippen molar-refractivity contribution in [2.45, 2.75) is 50.6 Å². The van der Waals surface area contributed by atoms with Gasteiger partial charge in [0, 0.05) is 12.6 Å². The van der Waals surface area contributed by atoms with E-state index in [4.69, 9.17) is 19.9 Å². The van der Waals surface area contributed by atoms with Crippen molar-refractivity contribution in [3.05, 3.63) is 54.0 Å². The minimum atomic E-state index is -0.812. The van der Waals surface area contributed by atoms with Crippen molar-refractivity contribution in [1.29, 1.82) is 0 Å². The predicted octanol–water partition coefficient (Wildman–Crippen LogP) is 2.95. The molecule has 7 nitrogen and oxygen atoms in total. The van der Waals surface area contributed by atoms with Crippen molar-refractivity contribution >= 4 is 16.9 Å². The van der Waals surface area contributed by atoms with E-state index in [9.17, 15) is 8.78 Å². The van der Waals surface area contributed by atoms with Crippen LogP contribution in [0.1, 0.15) is 25.6 Å². The summed E-state index contributed by atoms with van der Waals surface area (Å²) in [7, 11) is 0. The highest BCUT2D eigenvalue weighted by atomic mass is 19.1. The zero-order valence-corrected chi connectivity index (χ0v) is 15.9. The Morgan fingerprint density at radius 2 is 1.83 bits per heavy atom. The molecule has 5 rings (SSSR count). The van der Waals surface area contributed by atoms with Crippen LogP contribution in [0.25, 0.3) is 11.0 Å². The maximum Gasteiger partial charge on any atom is 0.164 e. The van der Waals surface area contributed by atoms with Crippen molar-refractivity contribution in [3.63, 3.8) is 0 Å². The molecule has 29 heavy (non-hydrogen) atoms. The monoisotopic (exact) mass is 402 g/mol. The normalized spacial score (nSPS) is 28.1. The first kappa shape index (κ1) is 18.4. The number of halogens is 2. The first-order valence-corrected chi connectivity index (χ1v) is 9.34. The number of benzene rings is 1. The maximum absolute atomic E-state index is 14.6. The molecule has 2 saturated heterocycles. The molecule has 1 aromatic carbocycles. The summed E-state index contributed by atoms with van der Waals surface area (Å²) in [4.78, 5) is 8.05. The van der Waals surface area contributed by atoms with E-state index >= 15 is 0 Å². The number of hydrogen-bond acceptors (Lipinski definition) is 6. The first-order chi connectivity index (χ1) is 13.8. The average molecular weight is 402 g/mol. The molecule has 0 radical (unpaired) electrons. The lowest BCUT2D eigenvalue weighted by molar-refractivity contribution is -0.196. The van der Waals surface area contributed by atoms with Gasteiger partial charge in [-0.25, -0.2) is 18.7 Å². The molecule has 2 aliphatic heterocycles. The van der Waals surface area contributed by atoms with Gasteiger partial charge in [-0.3, -0.25) is 0 Å². The molecular weight excluding hydrogens is 382 g/mol. The Labute approximate surface area is 165 Å². The zero-order chi connectivity index (χ0) is 20.3. The number of rotatable bonds is 3. The molecule has 0 spiro atoms. The predicted molar refractivity (Wildman–Crippen MR) is 99.7 cm³/mol. The van der Waals surface area contributed by atoms with Gasteiger partial charge in [0.2, 0.25) is 0 Å². The van der Waals surface area contributed by atoms with Crippen molar-refractivity contribution in [2.75, 3.05) is 5.73 Å². The van der Waals surface area contributed by atoms with Crippen LogP contribution in [0.4, 0.5) is 14.6 Å². The highest BCUT2D eigenvalue weighted by Gasteiger charge is 2.56. The largest absolute Gasteiger partial charge is 0.383 e. The fraction of sp³-hybridized carbons (Fsp3) is 0.400. The molecule has 2 N–H and O–H groups in total. The van der Waals surface area contributed by atoms with Crippen LogP contribution in [0.3, 0.4) is 0 Å². The van der Waals surface area contributed by atoms with Crippen LogP contribution in [-0.4, -0.2) is 38.6 Å². The molecule has 2 fully saturated rings. The van der Waals surface area contributed by atoms with Crippen LogP contribution >= 0.6 is 0 Å². The number of nitrogens with zero attached hydrogens (tertiary/aromatic N) is 3. The van der Waals surface area contributed by atoms with E-state index in [0.717, 1.165) is 5.56 Å². The molecule has 4 heterocycles. The molecule has 0 bridgehead atoms. The van der Waals surface area contributed by atoms with Crippen LogP contribution in [-0.2, 0) is 20.6 Å². The van der Waals surface area contributed by atoms with Crippen molar-refractivity contribution < 1.29 is 23.0 Å². The lowest BCUT2D eigenvalue weighted by Crippen LogP contribution is -2.31. The van der Waals surface area contributed by atoms with Gasteiger partial charge in [-0.1, -0.05) is 12.1 Å². The zero-order valence-electron chi connectivity index (χ0n) is 15.9. The molecule has 3 aromatic rings. The molecule has 9 heteroatoms. The fourth-order valence-corrected chi connectivity index (χ4v) is 4.16. The van der Waals surface area contributed by atoms with Gasteiger partial charge in [0.15, 0.2) is 23.5 Å². The van der Waals surface area contributed by atoms with Gasteiger partial charge in [0.25, 0.3) is 0 Å². The van der Waals surface area contributed by atoms with E-state index in [0.29, 0.717) is 12.1 Å². The van der Waals surface area contributed by atoms with E-state index in [2.05, 4.69) is 9.97 Å². The minimum absolute atomic E-state index is 0.0626. The quantitative estimate of drug-likeness (QED) is 0.725. The smallest absolute Gasteiger partial charge is 0.164 e. The summed E-state index contributed by atoms with van der Waals surface area (Å²) in [6.07, 6.45) is 1.21. The van der Waals surface area contributed by atoms with Crippen molar-refractivity contribution in [1.82, 2.24) is 14.5 Å². The van der Waals surface area contributed by atoms with E-state index < -0.39 is 23.9 Å². The number of ether oxygens (including phenoxy) is 3. The second-order valence-electron chi connectivity index (χ2n) is 7.80. The third-order valence-corrected chi connectivity index (χ3v) is 5.34. The van der Waals surface area contributed by atoms with Gasteiger partial charge >= 0.3 is 0 Å². The number of nitrogen functional groups attached to an aromatic ring is 1. The SMILES string of the molecule is CC1(C)O[C@@H]2[C@H](O1)[C@@H](Cc1ccc(F)cc1)O[C@H]2n1cc(F)c2c(N)ncnc21. The summed E-state index contributed by atoms with van der Waals surface area (Å²) in [6.45, 7) is 3.65. The summed E-state index contributed by atoms with van der Waals surface area (Å²) < 4.78 is 47.8. The number of hydrogen-bond donors (Lipinski definition) is 1. The van der Waals surface area contributed by atoms with Gasteiger partial charge in [-0.15, -0.1) is 0 Å². The Morgan fingerprint density at radius 3 is 2.59 bits per heavy atom. The van der Waals surface area contributed by atoms with Gasteiger partial charge < -0.3 is 24.5 Å². The standard InChI is InChI=1S/C20H20F2N4O3/c1-20(2)28-15-13(7-10-3-5-11(21)6-4-10)27-19(16(15)29-20)26-8-12(22)14-17(23)24-9-25-18(14)26/h3-6,8-9,13,15-16,19H,7H2,1-2H3,(H2,23,24,25)/t13-,15-,16-,19-/m1/s1. The molecule has 2 aliphatic rings. The van der Waals surface area contributed by atoms with Crippen LogP contribution < -0.4 is 5.73 Å². The fourth-order valence-electron chi connectivity index (χ4n) is 4.16. The van der Waals surface area contributed by atoms with E-state index in [1.165, 1.54) is 24.7 Å². The second kappa shape index (κ2) is 6.45. The summed E-state index contributed by atoms with van der Waals surface area (Å²) in [6, 6.07) is 6.23. The maximum atomic E-state index is 14.6. The Morgan fingerprint density at radius 1 is 1.10 bits per heavy atom. The molecule has 152 valence electrons. The van der Waals surface area contributed by atoms with Crippen molar-refractivity contribution in [3.8, 4) is 0 Å². The minimum Gasteiger partial charge on any atom is -0.383 e. The Balaban J connectivity index is 1.52. The van der Waals surface area contributed by atoms with Crippen molar-refractivity contribution in [2.24, 2.45) is 0 Å². The lowest BCUT2D eigenvalue weighted by atomic mass is 10.0. The number of fused-ring (bicyclic) bond motifs is 2. The van der Waals surface area contributed by atoms with Crippen LogP contribution in [0, 0.1) is 11.6 Å². The molecule has 0 aliphatic carbocycles. The lowest BCUT2D eigenvalue weighted by Gasteiger charge is -2.25. The Bertz CT molecular complexity index is 1070. The van der Waals surface area contributed by atoms with E-state index in [1.807, 2.05) is 13.8 Å². The molecule has 0 unspecified atom stereocenters.